The van der Waals surface area contributed by atoms with E-state index < -0.39 is 33.4 Å². The minimum Gasteiger partial charge on any atom is -0.480 e. The number of carbonyl (C=O) groups excluding carboxylic acids is 1. The molecule has 5 aromatic rings. The second kappa shape index (κ2) is 12.7. The first-order valence-corrected chi connectivity index (χ1v) is 16.4. The van der Waals surface area contributed by atoms with Crippen molar-refractivity contribution in [2.24, 2.45) is 0 Å². The molecule has 0 bridgehead atoms. The second-order valence-electron chi connectivity index (χ2n) is 11.5. The lowest BCUT2D eigenvalue weighted by Crippen LogP contribution is -2.56. The summed E-state index contributed by atoms with van der Waals surface area (Å²) in [5, 5.41) is 15.1. The largest absolute Gasteiger partial charge is 0.480 e. The van der Waals surface area contributed by atoms with E-state index in [0.717, 1.165) is 33.0 Å². The fourth-order valence-corrected chi connectivity index (χ4v) is 7.67. The number of piperidine rings is 1. The van der Waals surface area contributed by atoms with Crippen molar-refractivity contribution >= 4 is 32.7 Å². The van der Waals surface area contributed by atoms with Gasteiger partial charge in [-0.3, -0.25) is 4.79 Å². The topological polar surface area (TPSA) is 104 Å². The number of nitrogens with one attached hydrogen (secondary N) is 1. The highest BCUT2D eigenvalue weighted by atomic mass is 32.2. The molecule has 0 saturated carbocycles. The van der Waals surface area contributed by atoms with Gasteiger partial charge in [-0.2, -0.15) is 4.31 Å². The average molecular weight is 619 g/mol. The van der Waals surface area contributed by atoms with Gasteiger partial charge >= 0.3 is 5.97 Å². The van der Waals surface area contributed by atoms with Crippen LogP contribution in [0.3, 0.4) is 0 Å². The van der Waals surface area contributed by atoms with E-state index in [0.29, 0.717) is 0 Å². The van der Waals surface area contributed by atoms with E-state index in [1.807, 2.05) is 97.1 Å². The van der Waals surface area contributed by atoms with Gasteiger partial charge < -0.3 is 10.4 Å². The SMILES string of the molecule is O=C(O)[C@H](Cc1ccc2ccccc2c1)NC(=O)C1(c2ccc(-c3ccccc3)cc2)CCN(S(=O)(=O)c2ccccc2)CC1. The number of carboxylic acid groups (broad SMARTS) is 1. The molecule has 1 saturated heterocycles. The maximum Gasteiger partial charge on any atom is 0.326 e. The maximum atomic E-state index is 14.3. The molecule has 0 spiro atoms. The summed E-state index contributed by atoms with van der Waals surface area (Å²) in [6.07, 6.45) is 0.527. The Balaban J connectivity index is 1.29. The van der Waals surface area contributed by atoms with Crippen LogP contribution in [0.2, 0.25) is 0 Å². The summed E-state index contributed by atoms with van der Waals surface area (Å²) in [4.78, 5) is 26.9. The van der Waals surface area contributed by atoms with Gasteiger partial charge in [-0.15, -0.1) is 0 Å². The van der Waals surface area contributed by atoms with Gasteiger partial charge in [-0.05, 0) is 58.0 Å². The van der Waals surface area contributed by atoms with Crippen LogP contribution in [0.15, 0.2) is 132 Å². The monoisotopic (exact) mass is 618 g/mol. The Morgan fingerprint density at radius 1 is 0.733 bits per heavy atom. The molecule has 8 heteroatoms. The lowest BCUT2D eigenvalue weighted by Gasteiger charge is -2.41. The molecule has 1 atom stereocenters. The fourth-order valence-electron chi connectivity index (χ4n) is 6.21. The molecule has 0 unspecified atom stereocenters. The number of amides is 1. The van der Waals surface area contributed by atoms with Crippen molar-refractivity contribution in [1.29, 1.82) is 0 Å². The number of fused-ring (bicyclic) bond motifs is 1. The van der Waals surface area contributed by atoms with Crippen LogP contribution in [-0.4, -0.2) is 48.8 Å². The zero-order chi connectivity index (χ0) is 31.4. The van der Waals surface area contributed by atoms with E-state index in [-0.39, 0.29) is 37.2 Å². The first-order chi connectivity index (χ1) is 21.8. The minimum atomic E-state index is -3.75. The molecular weight excluding hydrogens is 584 g/mol. The van der Waals surface area contributed by atoms with Crippen LogP contribution in [-0.2, 0) is 31.4 Å². The maximum absolute atomic E-state index is 14.3. The molecule has 1 amide bonds. The summed E-state index contributed by atoms with van der Waals surface area (Å²) >= 11 is 0. The van der Waals surface area contributed by atoms with Crippen LogP contribution >= 0.6 is 0 Å². The molecule has 228 valence electrons. The molecule has 1 aliphatic heterocycles. The van der Waals surface area contributed by atoms with E-state index in [4.69, 9.17) is 0 Å². The third kappa shape index (κ3) is 6.25. The van der Waals surface area contributed by atoms with Gasteiger partial charge in [0.05, 0.1) is 10.3 Å². The molecule has 5 aromatic carbocycles. The van der Waals surface area contributed by atoms with Crippen LogP contribution in [0, 0.1) is 0 Å². The molecule has 45 heavy (non-hydrogen) atoms. The number of nitrogens with zero attached hydrogens (tertiary/aromatic N) is 1. The summed E-state index contributed by atoms with van der Waals surface area (Å²) in [6, 6.07) is 38.3. The van der Waals surface area contributed by atoms with Crippen molar-refractivity contribution in [3.63, 3.8) is 0 Å². The number of hydrogen-bond acceptors (Lipinski definition) is 4. The molecule has 0 aromatic heterocycles. The Morgan fingerprint density at radius 2 is 1.31 bits per heavy atom. The van der Waals surface area contributed by atoms with E-state index in [1.165, 1.54) is 4.31 Å². The number of carboxylic acids is 1. The highest BCUT2D eigenvalue weighted by molar-refractivity contribution is 7.89. The Hall–Kier alpha value is -4.79. The van der Waals surface area contributed by atoms with Gasteiger partial charge in [0.2, 0.25) is 15.9 Å². The summed E-state index contributed by atoms with van der Waals surface area (Å²) in [5.41, 5.74) is 2.43. The first-order valence-electron chi connectivity index (χ1n) is 15.0. The quantitative estimate of drug-likeness (QED) is 0.210. The molecule has 2 N–H and O–H groups in total. The van der Waals surface area contributed by atoms with Gasteiger partial charge in [0.15, 0.2) is 0 Å². The van der Waals surface area contributed by atoms with E-state index in [2.05, 4.69) is 5.32 Å². The number of benzene rings is 5. The van der Waals surface area contributed by atoms with Gasteiger partial charge in [0, 0.05) is 19.5 Å². The van der Waals surface area contributed by atoms with Crippen molar-refractivity contribution < 1.29 is 23.1 Å². The third-order valence-corrected chi connectivity index (χ3v) is 10.7. The summed E-state index contributed by atoms with van der Waals surface area (Å²) < 4.78 is 28.2. The zero-order valence-corrected chi connectivity index (χ0v) is 25.5. The van der Waals surface area contributed by atoms with Crippen molar-refractivity contribution in [3.05, 3.63) is 139 Å². The van der Waals surface area contributed by atoms with Crippen LogP contribution in [0.4, 0.5) is 0 Å². The average Bonchev–Trinajstić information content (AvgIpc) is 3.08. The van der Waals surface area contributed by atoms with Gasteiger partial charge in [-0.1, -0.05) is 115 Å². The Kier molecular flexibility index (Phi) is 8.52. The predicted molar refractivity (Wildman–Crippen MR) is 175 cm³/mol. The minimum absolute atomic E-state index is 0.115. The normalized spacial score (nSPS) is 15.7. The molecule has 1 heterocycles. The molecule has 6 rings (SSSR count). The smallest absolute Gasteiger partial charge is 0.326 e. The van der Waals surface area contributed by atoms with Crippen molar-refractivity contribution in [2.45, 2.75) is 35.6 Å². The summed E-state index contributed by atoms with van der Waals surface area (Å²) in [5.74, 6) is -1.55. The highest BCUT2D eigenvalue weighted by Gasteiger charge is 2.46. The first kappa shape index (κ1) is 30.2. The molecule has 1 fully saturated rings. The number of hydrogen-bond donors (Lipinski definition) is 2. The Labute approximate surface area is 263 Å². The summed E-state index contributed by atoms with van der Waals surface area (Å²) in [6.45, 7) is 0.237. The Morgan fingerprint density at radius 3 is 1.96 bits per heavy atom. The van der Waals surface area contributed by atoms with E-state index in [9.17, 15) is 23.1 Å². The van der Waals surface area contributed by atoms with Crippen molar-refractivity contribution in [2.75, 3.05) is 13.1 Å². The zero-order valence-electron chi connectivity index (χ0n) is 24.7. The molecule has 1 aliphatic rings. The van der Waals surface area contributed by atoms with Crippen molar-refractivity contribution in [1.82, 2.24) is 9.62 Å². The van der Waals surface area contributed by atoms with Crippen molar-refractivity contribution in [3.8, 4) is 11.1 Å². The van der Waals surface area contributed by atoms with E-state index in [1.54, 1.807) is 30.3 Å². The number of sulfonamides is 1. The molecule has 0 aliphatic carbocycles. The number of rotatable bonds is 9. The fraction of sp³-hybridized carbons (Fsp3) is 0.189. The lowest BCUT2D eigenvalue weighted by molar-refractivity contribution is -0.143. The standard InChI is InChI=1S/C37H34N2O5S/c40-35(41)34(26-27-15-16-29-11-7-8-12-31(29)25-27)38-36(42)37(32-19-17-30(18-20-32)28-9-3-1-4-10-28)21-23-39(24-22-37)45(43,44)33-13-5-2-6-14-33/h1-20,25,34H,21-24,26H2,(H,38,42)(H,40,41)/t34-/m0/s1. The van der Waals surface area contributed by atoms with Gasteiger partial charge in [-0.25, -0.2) is 13.2 Å². The third-order valence-electron chi connectivity index (χ3n) is 8.79. The molecular formula is C37H34N2O5S. The Bertz CT molecular complexity index is 1920. The van der Waals surface area contributed by atoms with Gasteiger partial charge in [0.1, 0.15) is 6.04 Å². The second-order valence-corrected chi connectivity index (χ2v) is 13.4. The van der Waals surface area contributed by atoms with Crippen LogP contribution in [0.25, 0.3) is 21.9 Å². The van der Waals surface area contributed by atoms with Crippen LogP contribution in [0.1, 0.15) is 24.0 Å². The lowest BCUT2D eigenvalue weighted by atomic mass is 9.72. The van der Waals surface area contributed by atoms with Gasteiger partial charge in [0.25, 0.3) is 0 Å². The molecule has 7 nitrogen and oxygen atoms in total. The highest BCUT2D eigenvalue weighted by Crippen LogP contribution is 2.39. The predicted octanol–water partition coefficient (Wildman–Crippen LogP) is 6.04. The number of aliphatic carboxylic acids is 1. The number of carbonyl (C=O) groups is 2. The van der Waals surface area contributed by atoms with E-state index >= 15 is 0 Å². The van der Waals surface area contributed by atoms with Crippen LogP contribution < -0.4 is 5.32 Å². The summed E-state index contributed by atoms with van der Waals surface area (Å²) in [7, 11) is -3.75. The van der Waals surface area contributed by atoms with Crippen LogP contribution in [0.5, 0.6) is 0 Å². The molecule has 0 radical (unpaired) electrons.